The van der Waals surface area contributed by atoms with Gasteiger partial charge in [0.25, 0.3) is 0 Å². The van der Waals surface area contributed by atoms with Crippen molar-refractivity contribution < 1.29 is 14.3 Å². The van der Waals surface area contributed by atoms with Gasteiger partial charge in [-0.3, -0.25) is 4.79 Å². The van der Waals surface area contributed by atoms with E-state index in [4.69, 9.17) is 15.2 Å². The molecule has 2 rings (SSSR count). The van der Waals surface area contributed by atoms with E-state index in [0.29, 0.717) is 24.8 Å². The van der Waals surface area contributed by atoms with Gasteiger partial charge in [0.1, 0.15) is 11.5 Å². The Morgan fingerprint density at radius 2 is 1.58 bits per heavy atom. The van der Waals surface area contributed by atoms with Crippen molar-refractivity contribution >= 4 is 5.91 Å². The Hall–Kier alpha value is -2.53. The molecule has 0 aliphatic heterocycles. The van der Waals surface area contributed by atoms with E-state index in [1.54, 1.807) is 7.11 Å². The smallest absolute Gasteiger partial charge is 0.223 e. The molecule has 0 saturated heterocycles. The molecule has 1 amide bonds. The first-order valence-electron chi connectivity index (χ1n) is 8.88. The minimum Gasteiger partial charge on any atom is -0.497 e. The Balaban J connectivity index is 1.70. The van der Waals surface area contributed by atoms with E-state index in [-0.39, 0.29) is 18.4 Å². The number of carbonyl (C=O) groups is 1. The Morgan fingerprint density at radius 3 is 2.15 bits per heavy atom. The van der Waals surface area contributed by atoms with Crippen molar-refractivity contribution in [3.05, 3.63) is 59.7 Å². The van der Waals surface area contributed by atoms with Gasteiger partial charge in [0.05, 0.1) is 20.1 Å². The van der Waals surface area contributed by atoms with Crippen LogP contribution in [0.5, 0.6) is 11.5 Å². The Labute approximate surface area is 155 Å². The minimum absolute atomic E-state index is 0.0761. The third-order valence-electron chi connectivity index (χ3n) is 4.21. The maximum Gasteiger partial charge on any atom is 0.223 e. The predicted molar refractivity (Wildman–Crippen MR) is 104 cm³/mol. The third kappa shape index (κ3) is 6.08. The lowest BCUT2D eigenvalue weighted by Crippen LogP contribution is -2.32. The molecule has 0 saturated carbocycles. The standard InChI is InChI=1S/C21H28N2O3/c1-15(2)16-4-6-17(7-5-16)20(22)14-23-21(24)12-13-26-19-10-8-18(25-3)9-11-19/h4-11,15,20H,12-14,22H2,1-3H3,(H,23,24). The highest BCUT2D eigenvalue weighted by Gasteiger charge is 2.09. The van der Waals surface area contributed by atoms with Crippen molar-refractivity contribution in [1.29, 1.82) is 0 Å². The number of hydrogen-bond donors (Lipinski definition) is 2. The zero-order valence-electron chi connectivity index (χ0n) is 15.7. The van der Waals surface area contributed by atoms with Gasteiger partial charge in [-0.15, -0.1) is 0 Å². The van der Waals surface area contributed by atoms with Crippen molar-refractivity contribution in [1.82, 2.24) is 5.32 Å². The molecule has 140 valence electrons. The van der Waals surface area contributed by atoms with Gasteiger partial charge in [-0.2, -0.15) is 0 Å². The lowest BCUT2D eigenvalue weighted by atomic mass is 9.99. The van der Waals surface area contributed by atoms with Crippen LogP contribution < -0.4 is 20.5 Å². The number of methoxy groups -OCH3 is 1. The second kappa shape index (κ2) is 9.82. The van der Waals surface area contributed by atoms with E-state index in [2.05, 4.69) is 31.3 Å². The van der Waals surface area contributed by atoms with Crippen molar-refractivity contribution in [2.75, 3.05) is 20.3 Å². The quantitative estimate of drug-likeness (QED) is 0.722. The molecule has 1 unspecified atom stereocenters. The highest BCUT2D eigenvalue weighted by atomic mass is 16.5. The molecule has 26 heavy (non-hydrogen) atoms. The number of hydrogen-bond acceptors (Lipinski definition) is 4. The normalized spacial score (nSPS) is 11.9. The Bertz CT molecular complexity index is 681. The molecule has 0 spiro atoms. The van der Waals surface area contributed by atoms with E-state index in [9.17, 15) is 4.79 Å². The summed E-state index contributed by atoms with van der Waals surface area (Å²) in [7, 11) is 1.61. The van der Waals surface area contributed by atoms with Crippen LogP contribution in [-0.4, -0.2) is 26.2 Å². The van der Waals surface area contributed by atoms with Crippen LogP contribution in [0.2, 0.25) is 0 Å². The number of ether oxygens (including phenoxy) is 2. The summed E-state index contributed by atoms with van der Waals surface area (Å²) < 4.78 is 10.6. The molecule has 3 N–H and O–H groups in total. The van der Waals surface area contributed by atoms with E-state index >= 15 is 0 Å². The lowest BCUT2D eigenvalue weighted by molar-refractivity contribution is -0.121. The zero-order valence-corrected chi connectivity index (χ0v) is 15.7. The fraction of sp³-hybridized carbons (Fsp3) is 0.381. The summed E-state index contributed by atoms with van der Waals surface area (Å²) in [6.45, 7) is 5.03. The summed E-state index contributed by atoms with van der Waals surface area (Å²) >= 11 is 0. The molecule has 2 aromatic rings. The van der Waals surface area contributed by atoms with Crippen LogP contribution in [-0.2, 0) is 4.79 Å². The molecular formula is C21H28N2O3. The number of rotatable bonds is 9. The summed E-state index contributed by atoms with van der Waals surface area (Å²) in [6, 6.07) is 15.3. The van der Waals surface area contributed by atoms with Crippen molar-refractivity contribution in [3.8, 4) is 11.5 Å². The average molecular weight is 356 g/mol. The Kier molecular flexibility index (Phi) is 7.48. The van der Waals surface area contributed by atoms with Gasteiger partial charge in [0, 0.05) is 12.6 Å². The molecule has 5 heteroatoms. The molecule has 0 aliphatic rings. The largest absolute Gasteiger partial charge is 0.497 e. The summed E-state index contributed by atoms with van der Waals surface area (Å²) in [5, 5.41) is 2.86. The van der Waals surface area contributed by atoms with Gasteiger partial charge in [-0.05, 0) is 41.3 Å². The number of benzene rings is 2. The highest BCUT2D eigenvalue weighted by Crippen LogP contribution is 2.18. The van der Waals surface area contributed by atoms with Gasteiger partial charge < -0.3 is 20.5 Å². The summed E-state index contributed by atoms with van der Waals surface area (Å²) in [4.78, 5) is 11.9. The number of nitrogens with two attached hydrogens (primary N) is 1. The maximum atomic E-state index is 11.9. The number of nitrogens with one attached hydrogen (secondary N) is 1. The van der Waals surface area contributed by atoms with Crippen LogP contribution in [0.3, 0.4) is 0 Å². The molecule has 0 aliphatic carbocycles. The molecule has 0 radical (unpaired) electrons. The van der Waals surface area contributed by atoms with Crippen LogP contribution in [0, 0.1) is 0 Å². The highest BCUT2D eigenvalue weighted by molar-refractivity contribution is 5.76. The van der Waals surface area contributed by atoms with Crippen molar-refractivity contribution in [2.24, 2.45) is 5.73 Å². The molecule has 0 heterocycles. The van der Waals surface area contributed by atoms with Crippen molar-refractivity contribution in [2.45, 2.75) is 32.2 Å². The fourth-order valence-corrected chi connectivity index (χ4v) is 2.49. The minimum atomic E-state index is -0.220. The third-order valence-corrected chi connectivity index (χ3v) is 4.21. The molecular weight excluding hydrogens is 328 g/mol. The SMILES string of the molecule is COc1ccc(OCCC(=O)NCC(N)c2ccc(C(C)C)cc2)cc1. The number of amides is 1. The predicted octanol–water partition coefficient (Wildman–Crippen LogP) is 3.40. The van der Waals surface area contributed by atoms with Crippen LogP contribution in [0.4, 0.5) is 0 Å². The lowest BCUT2D eigenvalue weighted by Gasteiger charge is -2.15. The zero-order chi connectivity index (χ0) is 18.9. The summed E-state index contributed by atoms with van der Waals surface area (Å²) in [6.07, 6.45) is 0.283. The maximum absolute atomic E-state index is 11.9. The Morgan fingerprint density at radius 1 is 1.00 bits per heavy atom. The van der Waals surface area contributed by atoms with Gasteiger partial charge >= 0.3 is 0 Å². The van der Waals surface area contributed by atoms with Crippen LogP contribution in [0.25, 0.3) is 0 Å². The van der Waals surface area contributed by atoms with Gasteiger partial charge in [0.2, 0.25) is 5.91 Å². The van der Waals surface area contributed by atoms with Crippen LogP contribution in [0.15, 0.2) is 48.5 Å². The van der Waals surface area contributed by atoms with Crippen LogP contribution >= 0.6 is 0 Å². The number of carbonyl (C=O) groups excluding carboxylic acids is 1. The first-order chi connectivity index (χ1) is 12.5. The molecule has 2 aromatic carbocycles. The topological polar surface area (TPSA) is 73.6 Å². The molecule has 0 fully saturated rings. The van der Waals surface area contributed by atoms with Crippen LogP contribution in [0.1, 0.15) is 43.4 Å². The second-order valence-electron chi connectivity index (χ2n) is 6.51. The van der Waals surface area contributed by atoms with E-state index < -0.39 is 0 Å². The first-order valence-corrected chi connectivity index (χ1v) is 8.88. The summed E-state index contributed by atoms with van der Waals surface area (Å²) in [5.41, 5.74) is 8.45. The van der Waals surface area contributed by atoms with E-state index in [1.807, 2.05) is 36.4 Å². The molecule has 1 atom stereocenters. The fourth-order valence-electron chi connectivity index (χ4n) is 2.49. The second-order valence-corrected chi connectivity index (χ2v) is 6.51. The summed E-state index contributed by atoms with van der Waals surface area (Å²) in [5.74, 6) is 1.89. The van der Waals surface area contributed by atoms with E-state index in [0.717, 1.165) is 11.3 Å². The molecule has 0 aromatic heterocycles. The monoisotopic (exact) mass is 356 g/mol. The molecule has 0 bridgehead atoms. The molecule has 5 nitrogen and oxygen atoms in total. The van der Waals surface area contributed by atoms with Gasteiger partial charge in [0.15, 0.2) is 0 Å². The van der Waals surface area contributed by atoms with E-state index in [1.165, 1.54) is 5.56 Å². The van der Waals surface area contributed by atoms with Gasteiger partial charge in [-0.25, -0.2) is 0 Å². The first kappa shape index (κ1) is 19.8. The average Bonchev–Trinajstić information content (AvgIpc) is 2.66. The van der Waals surface area contributed by atoms with Gasteiger partial charge in [-0.1, -0.05) is 38.1 Å². The van der Waals surface area contributed by atoms with Crippen molar-refractivity contribution in [3.63, 3.8) is 0 Å².